The zero-order valence-corrected chi connectivity index (χ0v) is 17.7. The minimum absolute atomic E-state index is 0.200. The van der Waals surface area contributed by atoms with Crippen molar-refractivity contribution in [2.75, 3.05) is 47.5 Å². The van der Waals surface area contributed by atoms with E-state index in [1.54, 1.807) is 12.1 Å². The van der Waals surface area contributed by atoms with Crippen LogP contribution >= 0.6 is 10.6 Å². The molecule has 3 heterocycles. The summed E-state index contributed by atoms with van der Waals surface area (Å²) in [5.41, 5.74) is 0.943. The Hall–Kier alpha value is -2.04. The van der Waals surface area contributed by atoms with Crippen molar-refractivity contribution in [3.63, 3.8) is 0 Å². The molecular weight excluding hydrogens is 413 g/mol. The van der Waals surface area contributed by atoms with Crippen molar-refractivity contribution < 1.29 is 27.8 Å². The van der Waals surface area contributed by atoms with Crippen LogP contribution in [0.15, 0.2) is 18.2 Å². The van der Waals surface area contributed by atoms with Gasteiger partial charge in [0.1, 0.15) is 11.9 Å². The number of anilines is 2. The van der Waals surface area contributed by atoms with Crippen LogP contribution in [0.1, 0.15) is 19.8 Å². The van der Waals surface area contributed by atoms with Crippen molar-refractivity contribution in [2.45, 2.75) is 25.9 Å². The zero-order valence-electron chi connectivity index (χ0n) is 16.9. The largest absolute Gasteiger partial charge is 0.442 e. The first-order valence-electron chi connectivity index (χ1n) is 10.2. The van der Waals surface area contributed by atoms with Gasteiger partial charge >= 0.3 is 6.09 Å². The number of carbonyl (C=O) groups excluding carboxylic acids is 2. The Morgan fingerprint density at radius 1 is 1.27 bits per heavy atom. The van der Waals surface area contributed by atoms with Crippen molar-refractivity contribution in [3.05, 3.63) is 24.0 Å². The molecule has 1 atom stereocenters. The van der Waals surface area contributed by atoms with Crippen LogP contribution in [0.25, 0.3) is 0 Å². The molecule has 0 spiro atoms. The van der Waals surface area contributed by atoms with Crippen LogP contribution in [0, 0.1) is 17.7 Å². The van der Waals surface area contributed by atoms with Crippen LogP contribution in [0.2, 0.25) is 0 Å². The van der Waals surface area contributed by atoms with Crippen LogP contribution in [0.4, 0.5) is 20.6 Å². The van der Waals surface area contributed by atoms with Gasteiger partial charge < -0.3 is 15.0 Å². The van der Waals surface area contributed by atoms with E-state index in [2.05, 4.69) is 5.32 Å². The first-order chi connectivity index (χ1) is 14.2. The van der Waals surface area contributed by atoms with E-state index in [9.17, 15) is 23.1 Å². The van der Waals surface area contributed by atoms with Gasteiger partial charge in [-0.1, -0.05) is 0 Å². The number of carbonyl (C=O) groups is 2. The van der Waals surface area contributed by atoms with Crippen LogP contribution in [-0.4, -0.2) is 64.9 Å². The van der Waals surface area contributed by atoms with E-state index in [1.807, 2.05) is 4.90 Å². The Balaban J connectivity index is 1.35. The maximum absolute atomic E-state index is 14.9. The highest BCUT2D eigenvalue weighted by atomic mass is 32.3. The first kappa shape index (κ1) is 21.2. The van der Waals surface area contributed by atoms with Crippen LogP contribution in [0.5, 0.6) is 0 Å². The first-order valence-corrected chi connectivity index (χ1v) is 12.1. The molecule has 0 bridgehead atoms. The van der Waals surface area contributed by atoms with Crippen molar-refractivity contribution in [1.82, 2.24) is 5.32 Å². The molecular formula is C20H28FN3O5S. The second-order valence-electron chi connectivity index (χ2n) is 8.41. The Labute approximate surface area is 176 Å². The number of nitrogens with zero attached hydrogens (tertiary/aromatic N) is 2. The summed E-state index contributed by atoms with van der Waals surface area (Å²) in [6, 6.07) is 4.76. The van der Waals surface area contributed by atoms with E-state index in [-0.39, 0.29) is 24.8 Å². The van der Waals surface area contributed by atoms with Crippen molar-refractivity contribution >= 4 is 34.0 Å². The third-order valence-electron chi connectivity index (χ3n) is 6.20. The lowest BCUT2D eigenvalue weighted by atomic mass is 9.86. The lowest BCUT2D eigenvalue weighted by Gasteiger charge is -2.51. The standard InChI is InChI=1S/C20H28FN3O5S/c1-13(25)22-9-17-10-24(20(26)29-17)16-2-3-19(18(21)8-16)23-6-4-14(5-7-23)15-11-30(27,28)12-15/h2-3,8,14-15,17,27-28H,4-7,9-12H2,1H3,(H,22,25). The topological polar surface area (TPSA) is 102 Å². The quantitative estimate of drug-likeness (QED) is 0.649. The van der Waals surface area contributed by atoms with E-state index in [4.69, 9.17) is 4.74 Å². The molecule has 3 aliphatic heterocycles. The molecule has 0 aliphatic carbocycles. The summed E-state index contributed by atoms with van der Waals surface area (Å²) in [6.07, 6.45) is 0.799. The predicted octanol–water partition coefficient (Wildman–Crippen LogP) is 2.88. The number of hydrogen-bond donors (Lipinski definition) is 3. The average molecular weight is 442 g/mol. The number of piperidine rings is 1. The molecule has 1 unspecified atom stereocenters. The maximum Gasteiger partial charge on any atom is 0.414 e. The lowest BCUT2D eigenvalue weighted by Crippen LogP contribution is -2.43. The second-order valence-corrected chi connectivity index (χ2v) is 10.7. The highest BCUT2D eigenvalue weighted by Gasteiger charge is 2.40. The summed E-state index contributed by atoms with van der Waals surface area (Å²) in [6.45, 7) is 3.32. The number of nitrogens with one attached hydrogen (secondary N) is 1. The van der Waals surface area contributed by atoms with Gasteiger partial charge in [-0.05, 0) is 42.9 Å². The minimum Gasteiger partial charge on any atom is -0.442 e. The van der Waals surface area contributed by atoms with Crippen molar-refractivity contribution in [3.8, 4) is 0 Å². The molecule has 4 rings (SSSR count). The summed E-state index contributed by atoms with van der Waals surface area (Å²) >= 11 is 0. The maximum atomic E-state index is 14.9. The van der Waals surface area contributed by atoms with E-state index in [1.165, 1.54) is 17.9 Å². The van der Waals surface area contributed by atoms with Gasteiger partial charge in [-0.3, -0.25) is 18.8 Å². The second kappa shape index (κ2) is 8.24. The third-order valence-corrected chi connectivity index (χ3v) is 8.13. The molecule has 3 saturated heterocycles. The number of hydrogen-bond acceptors (Lipinski definition) is 6. The molecule has 2 amide bonds. The monoisotopic (exact) mass is 441 g/mol. The normalized spacial score (nSPS) is 25.6. The summed E-state index contributed by atoms with van der Waals surface area (Å²) in [7, 11) is -2.32. The number of cyclic esters (lactones) is 1. The van der Waals surface area contributed by atoms with Crippen LogP contribution < -0.4 is 15.1 Å². The van der Waals surface area contributed by atoms with Gasteiger partial charge in [-0.15, -0.1) is 0 Å². The predicted molar refractivity (Wildman–Crippen MR) is 114 cm³/mol. The highest BCUT2D eigenvalue weighted by Crippen LogP contribution is 2.55. The van der Waals surface area contributed by atoms with Crippen molar-refractivity contribution in [2.24, 2.45) is 11.8 Å². The lowest BCUT2D eigenvalue weighted by molar-refractivity contribution is -0.119. The zero-order chi connectivity index (χ0) is 21.5. The van der Waals surface area contributed by atoms with Gasteiger partial charge in [0.05, 0.1) is 24.5 Å². The molecule has 166 valence electrons. The molecule has 1 aromatic carbocycles. The van der Waals surface area contributed by atoms with Crippen LogP contribution in [0.3, 0.4) is 0 Å². The van der Waals surface area contributed by atoms with E-state index >= 15 is 0 Å². The van der Waals surface area contributed by atoms with E-state index in [0.29, 0.717) is 34.7 Å². The van der Waals surface area contributed by atoms with Gasteiger partial charge in [0.25, 0.3) is 0 Å². The molecule has 1 aromatic rings. The molecule has 30 heavy (non-hydrogen) atoms. The van der Waals surface area contributed by atoms with Gasteiger partial charge in [0.2, 0.25) is 5.91 Å². The number of amides is 2. The molecule has 8 nitrogen and oxygen atoms in total. The fourth-order valence-corrected chi connectivity index (χ4v) is 6.36. The molecule has 0 radical (unpaired) electrons. The molecule has 0 saturated carbocycles. The molecule has 0 aromatic heterocycles. The van der Waals surface area contributed by atoms with Crippen LogP contribution in [-0.2, 0) is 9.53 Å². The molecule has 3 fully saturated rings. The number of benzene rings is 1. The summed E-state index contributed by atoms with van der Waals surface area (Å²) in [5, 5.41) is 2.62. The number of rotatable bonds is 5. The molecule has 3 N–H and O–H groups in total. The number of halogens is 1. The Morgan fingerprint density at radius 2 is 1.97 bits per heavy atom. The Bertz CT molecular complexity index is 823. The number of ether oxygens (including phenoxy) is 1. The van der Waals surface area contributed by atoms with E-state index in [0.717, 1.165) is 25.9 Å². The molecule has 3 aliphatic rings. The smallest absolute Gasteiger partial charge is 0.414 e. The third kappa shape index (κ3) is 4.50. The fraction of sp³-hybridized carbons (Fsp3) is 0.600. The van der Waals surface area contributed by atoms with Gasteiger partial charge in [0.15, 0.2) is 0 Å². The Kier molecular flexibility index (Phi) is 5.82. The molecule has 10 heteroatoms. The fourth-order valence-electron chi connectivity index (χ4n) is 4.54. The summed E-state index contributed by atoms with van der Waals surface area (Å²) in [4.78, 5) is 26.5. The minimum atomic E-state index is -2.32. The van der Waals surface area contributed by atoms with Gasteiger partial charge in [-0.2, -0.15) is 10.6 Å². The van der Waals surface area contributed by atoms with E-state index < -0.39 is 22.8 Å². The van der Waals surface area contributed by atoms with Crippen molar-refractivity contribution in [1.29, 1.82) is 0 Å². The average Bonchev–Trinajstić information content (AvgIpc) is 3.05. The summed E-state index contributed by atoms with van der Waals surface area (Å²) in [5.74, 6) is 1.26. The van der Waals surface area contributed by atoms with Gasteiger partial charge in [-0.25, -0.2) is 9.18 Å². The highest BCUT2D eigenvalue weighted by molar-refractivity contribution is 8.25. The SMILES string of the molecule is CC(=O)NCC1CN(c2ccc(N3CCC(C4CS(O)(O)C4)CC3)c(F)c2)C(=O)O1. The Morgan fingerprint density at radius 3 is 2.57 bits per heavy atom. The van der Waals surface area contributed by atoms with Gasteiger partial charge in [0, 0.05) is 31.5 Å². The summed E-state index contributed by atoms with van der Waals surface area (Å²) < 4.78 is 39.3.